The van der Waals surface area contributed by atoms with E-state index in [1.54, 1.807) is 29.2 Å². The number of nitrogens with two attached hydrogens (primary N) is 1. The van der Waals surface area contributed by atoms with Gasteiger partial charge >= 0.3 is 0 Å². The van der Waals surface area contributed by atoms with Crippen molar-refractivity contribution in [2.75, 3.05) is 6.54 Å². The molecule has 0 amide bonds. The SMILES string of the molecule is NCCc1c(F)cccc1Sc1cccs1. The van der Waals surface area contributed by atoms with Gasteiger partial charge in [0, 0.05) is 10.5 Å². The lowest BCUT2D eigenvalue weighted by molar-refractivity contribution is 0.603. The summed E-state index contributed by atoms with van der Waals surface area (Å²) >= 11 is 3.26. The molecule has 0 unspecified atom stereocenters. The first kappa shape index (κ1) is 11.6. The van der Waals surface area contributed by atoms with Crippen molar-refractivity contribution in [3.05, 3.63) is 47.1 Å². The van der Waals surface area contributed by atoms with Crippen molar-refractivity contribution in [3.63, 3.8) is 0 Å². The lowest BCUT2D eigenvalue weighted by Gasteiger charge is -2.07. The molecule has 1 aromatic heterocycles. The molecule has 0 aliphatic rings. The standard InChI is InChI=1S/C12H12FNS2/c13-10-3-1-4-11(9(10)6-7-14)16-12-5-2-8-15-12/h1-5,8H,6-7,14H2. The number of rotatable bonds is 4. The fraction of sp³-hybridized carbons (Fsp3) is 0.167. The first-order chi connectivity index (χ1) is 7.81. The van der Waals surface area contributed by atoms with E-state index >= 15 is 0 Å². The van der Waals surface area contributed by atoms with Gasteiger partial charge in [-0.15, -0.1) is 11.3 Å². The molecule has 2 aromatic rings. The van der Waals surface area contributed by atoms with Crippen LogP contribution in [-0.2, 0) is 6.42 Å². The Hall–Kier alpha value is -0.840. The Labute approximate surface area is 102 Å². The average Bonchev–Trinajstić information content (AvgIpc) is 2.76. The summed E-state index contributed by atoms with van der Waals surface area (Å²) in [5.41, 5.74) is 6.22. The number of thiophene rings is 1. The highest BCUT2D eigenvalue weighted by Crippen LogP contribution is 2.34. The lowest BCUT2D eigenvalue weighted by atomic mass is 10.1. The van der Waals surface area contributed by atoms with E-state index in [1.165, 1.54) is 10.3 Å². The molecule has 1 aromatic carbocycles. The topological polar surface area (TPSA) is 26.0 Å². The molecule has 0 atom stereocenters. The maximum Gasteiger partial charge on any atom is 0.127 e. The third kappa shape index (κ3) is 2.64. The Morgan fingerprint density at radius 2 is 2.12 bits per heavy atom. The smallest absolute Gasteiger partial charge is 0.127 e. The molecule has 0 aliphatic carbocycles. The summed E-state index contributed by atoms with van der Waals surface area (Å²) in [5, 5.41) is 2.02. The van der Waals surface area contributed by atoms with Gasteiger partial charge in [-0.2, -0.15) is 0 Å². The number of benzene rings is 1. The Balaban J connectivity index is 2.29. The van der Waals surface area contributed by atoms with Crippen LogP contribution in [0.25, 0.3) is 0 Å². The Kier molecular flexibility index (Phi) is 3.98. The van der Waals surface area contributed by atoms with Crippen LogP contribution in [0.15, 0.2) is 44.8 Å². The van der Waals surface area contributed by atoms with Gasteiger partial charge in [-0.25, -0.2) is 4.39 Å². The molecule has 4 heteroatoms. The normalized spacial score (nSPS) is 10.6. The van der Waals surface area contributed by atoms with Gasteiger partial charge in [0.05, 0.1) is 4.21 Å². The minimum absolute atomic E-state index is 0.160. The van der Waals surface area contributed by atoms with Gasteiger partial charge in [0.1, 0.15) is 5.82 Å². The van der Waals surface area contributed by atoms with Gasteiger partial charge in [0.15, 0.2) is 0 Å². The highest BCUT2D eigenvalue weighted by Gasteiger charge is 2.09. The largest absolute Gasteiger partial charge is 0.330 e. The maximum absolute atomic E-state index is 13.6. The summed E-state index contributed by atoms with van der Waals surface area (Å²) in [6, 6.07) is 9.20. The second-order valence-electron chi connectivity index (χ2n) is 3.29. The monoisotopic (exact) mass is 253 g/mol. The molecule has 0 saturated carbocycles. The van der Waals surface area contributed by atoms with Gasteiger partial charge in [0.25, 0.3) is 0 Å². The van der Waals surface area contributed by atoms with Gasteiger partial charge in [-0.05, 0) is 36.5 Å². The van der Waals surface area contributed by atoms with Crippen molar-refractivity contribution in [2.24, 2.45) is 5.73 Å². The quantitative estimate of drug-likeness (QED) is 0.902. The molecule has 16 heavy (non-hydrogen) atoms. The van der Waals surface area contributed by atoms with E-state index in [0.29, 0.717) is 13.0 Å². The summed E-state index contributed by atoms with van der Waals surface area (Å²) in [6.07, 6.45) is 0.584. The summed E-state index contributed by atoms with van der Waals surface area (Å²) in [5.74, 6) is -0.160. The van der Waals surface area contributed by atoms with E-state index in [-0.39, 0.29) is 5.82 Å². The van der Waals surface area contributed by atoms with Gasteiger partial charge in [-0.3, -0.25) is 0 Å². The first-order valence-corrected chi connectivity index (χ1v) is 6.69. The van der Waals surface area contributed by atoms with Crippen LogP contribution >= 0.6 is 23.1 Å². The van der Waals surface area contributed by atoms with Crippen molar-refractivity contribution < 1.29 is 4.39 Å². The minimum atomic E-state index is -0.160. The van der Waals surface area contributed by atoms with Crippen molar-refractivity contribution in [2.45, 2.75) is 15.5 Å². The number of hydrogen-bond acceptors (Lipinski definition) is 3. The van der Waals surface area contributed by atoms with Gasteiger partial charge in [0.2, 0.25) is 0 Å². The predicted molar refractivity (Wildman–Crippen MR) is 67.6 cm³/mol. The van der Waals surface area contributed by atoms with Crippen LogP contribution in [-0.4, -0.2) is 6.54 Å². The van der Waals surface area contributed by atoms with E-state index in [0.717, 1.165) is 10.5 Å². The van der Waals surface area contributed by atoms with Crippen molar-refractivity contribution in [3.8, 4) is 0 Å². The van der Waals surface area contributed by atoms with Crippen LogP contribution in [0.3, 0.4) is 0 Å². The van der Waals surface area contributed by atoms with Crippen LogP contribution in [0.4, 0.5) is 4.39 Å². The molecule has 2 rings (SSSR count). The molecule has 0 fully saturated rings. The van der Waals surface area contributed by atoms with Gasteiger partial charge in [-0.1, -0.05) is 23.9 Å². The molecule has 0 spiro atoms. The zero-order valence-electron chi connectivity index (χ0n) is 8.65. The third-order valence-corrected chi connectivity index (χ3v) is 4.32. The summed E-state index contributed by atoms with van der Waals surface area (Å²) in [7, 11) is 0. The van der Waals surface area contributed by atoms with Crippen molar-refractivity contribution in [1.82, 2.24) is 0 Å². The fourth-order valence-electron chi connectivity index (χ4n) is 1.45. The molecular formula is C12H12FNS2. The highest BCUT2D eigenvalue weighted by molar-refractivity contribution is 8.01. The second-order valence-corrected chi connectivity index (χ2v) is 5.58. The Morgan fingerprint density at radius 3 is 2.81 bits per heavy atom. The van der Waals surface area contributed by atoms with Crippen LogP contribution in [0.2, 0.25) is 0 Å². The zero-order chi connectivity index (χ0) is 11.4. The first-order valence-electron chi connectivity index (χ1n) is 5.00. The molecule has 0 radical (unpaired) electrons. The molecule has 0 aliphatic heterocycles. The summed E-state index contributed by atoms with van der Waals surface area (Å²) in [4.78, 5) is 0.966. The number of halogens is 1. The van der Waals surface area contributed by atoms with E-state index in [4.69, 9.17) is 5.73 Å². The average molecular weight is 253 g/mol. The van der Waals surface area contributed by atoms with Gasteiger partial charge < -0.3 is 5.73 Å². The molecule has 0 saturated heterocycles. The molecule has 0 bridgehead atoms. The number of hydrogen-bond donors (Lipinski definition) is 1. The maximum atomic E-state index is 13.6. The van der Waals surface area contributed by atoms with E-state index in [9.17, 15) is 4.39 Å². The zero-order valence-corrected chi connectivity index (χ0v) is 10.3. The van der Waals surface area contributed by atoms with Crippen molar-refractivity contribution >= 4 is 23.1 Å². The molecule has 84 valence electrons. The summed E-state index contributed by atoms with van der Waals surface area (Å²) in [6.45, 7) is 0.471. The fourth-order valence-corrected chi connectivity index (χ4v) is 3.36. The molecular weight excluding hydrogens is 241 g/mol. The minimum Gasteiger partial charge on any atom is -0.330 e. The lowest BCUT2D eigenvalue weighted by Crippen LogP contribution is -2.05. The third-order valence-electron chi connectivity index (χ3n) is 2.18. The second kappa shape index (κ2) is 5.48. The highest BCUT2D eigenvalue weighted by atomic mass is 32.2. The predicted octanol–water partition coefficient (Wildman–Crippen LogP) is 3.54. The molecule has 2 N–H and O–H groups in total. The van der Waals surface area contributed by atoms with Crippen molar-refractivity contribution in [1.29, 1.82) is 0 Å². The van der Waals surface area contributed by atoms with Crippen LogP contribution in [0.5, 0.6) is 0 Å². The molecule has 1 nitrogen and oxygen atoms in total. The van der Waals surface area contributed by atoms with E-state index < -0.39 is 0 Å². The molecule has 1 heterocycles. The Bertz CT molecular complexity index is 454. The Morgan fingerprint density at radius 1 is 1.25 bits per heavy atom. The van der Waals surface area contributed by atoms with Crippen LogP contribution in [0, 0.1) is 5.82 Å². The van der Waals surface area contributed by atoms with Crippen LogP contribution < -0.4 is 5.73 Å². The van der Waals surface area contributed by atoms with E-state index in [1.807, 2.05) is 23.6 Å². The van der Waals surface area contributed by atoms with E-state index in [2.05, 4.69) is 0 Å². The summed E-state index contributed by atoms with van der Waals surface area (Å²) < 4.78 is 14.8. The van der Waals surface area contributed by atoms with Crippen LogP contribution in [0.1, 0.15) is 5.56 Å².